The molecule has 1 heterocycles. The number of methoxy groups -OCH3 is 1. The Balaban J connectivity index is 2.01. The van der Waals surface area contributed by atoms with E-state index < -0.39 is 0 Å². The fourth-order valence-electron chi connectivity index (χ4n) is 2.94. The van der Waals surface area contributed by atoms with Crippen molar-refractivity contribution in [2.24, 2.45) is 0 Å². The van der Waals surface area contributed by atoms with Crippen LogP contribution in [0, 0.1) is 13.8 Å². The van der Waals surface area contributed by atoms with Gasteiger partial charge < -0.3 is 14.6 Å². The van der Waals surface area contributed by atoms with Crippen molar-refractivity contribution in [1.29, 1.82) is 0 Å². The number of aryl methyl sites for hydroxylation is 3. The molecule has 0 saturated carbocycles. The molecule has 0 fully saturated rings. The van der Waals surface area contributed by atoms with Crippen LogP contribution in [-0.2, 0) is 6.54 Å². The van der Waals surface area contributed by atoms with E-state index in [1.165, 1.54) is 0 Å². The number of hydrogen-bond donors (Lipinski definition) is 1. The van der Waals surface area contributed by atoms with Gasteiger partial charge in [0.25, 0.3) is 11.5 Å². The highest BCUT2D eigenvalue weighted by atomic mass is 16.5. The van der Waals surface area contributed by atoms with Crippen LogP contribution in [0.15, 0.2) is 41.2 Å². The zero-order valence-electron chi connectivity index (χ0n) is 15.3. The van der Waals surface area contributed by atoms with Crippen molar-refractivity contribution in [2.45, 2.75) is 27.3 Å². The molecule has 0 bridgehead atoms. The first-order valence-electron chi connectivity index (χ1n) is 8.41. The van der Waals surface area contributed by atoms with Gasteiger partial charge in [-0.15, -0.1) is 0 Å². The van der Waals surface area contributed by atoms with Crippen LogP contribution in [0.25, 0.3) is 11.0 Å². The molecule has 1 aromatic heterocycles. The van der Waals surface area contributed by atoms with Crippen molar-refractivity contribution < 1.29 is 9.53 Å². The monoisotopic (exact) mass is 351 g/mol. The molecule has 0 spiro atoms. The summed E-state index contributed by atoms with van der Waals surface area (Å²) in [4.78, 5) is 29.2. The minimum Gasteiger partial charge on any atom is -0.495 e. The average Bonchev–Trinajstić information content (AvgIpc) is 2.62. The van der Waals surface area contributed by atoms with Crippen LogP contribution < -0.4 is 15.6 Å². The van der Waals surface area contributed by atoms with Gasteiger partial charge in [-0.1, -0.05) is 6.07 Å². The predicted octanol–water partition coefficient (Wildman–Crippen LogP) is 3.29. The summed E-state index contributed by atoms with van der Waals surface area (Å²) in [7, 11) is 1.56. The molecule has 0 saturated heterocycles. The lowest BCUT2D eigenvalue weighted by atomic mass is 10.1. The van der Waals surface area contributed by atoms with Gasteiger partial charge in [0.2, 0.25) is 0 Å². The average molecular weight is 351 g/mol. The van der Waals surface area contributed by atoms with Crippen molar-refractivity contribution in [2.75, 3.05) is 12.4 Å². The second-order valence-corrected chi connectivity index (χ2v) is 6.11. The summed E-state index contributed by atoms with van der Waals surface area (Å²) in [6.45, 7) is 6.08. The number of aromatic nitrogens is 2. The zero-order chi connectivity index (χ0) is 18.8. The molecule has 26 heavy (non-hydrogen) atoms. The van der Waals surface area contributed by atoms with Gasteiger partial charge in [-0.05, 0) is 56.7 Å². The molecule has 0 radical (unpaired) electrons. The van der Waals surface area contributed by atoms with Crippen LogP contribution in [0.3, 0.4) is 0 Å². The summed E-state index contributed by atoms with van der Waals surface area (Å²) in [6, 6.07) is 10.7. The first-order chi connectivity index (χ1) is 12.4. The van der Waals surface area contributed by atoms with Crippen LogP contribution in [0.4, 0.5) is 5.69 Å². The molecule has 0 atom stereocenters. The van der Waals surface area contributed by atoms with Crippen molar-refractivity contribution in [3.8, 4) is 5.75 Å². The van der Waals surface area contributed by atoms with E-state index in [0.29, 0.717) is 40.3 Å². The van der Waals surface area contributed by atoms with E-state index >= 15 is 0 Å². The largest absolute Gasteiger partial charge is 0.495 e. The number of fused-ring (bicyclic) bond motifs is 1. The zero-order valence-corrected chi connectivity index (χ0v) is 15.3. The van der Waals surface area contributed by atoms with Crippen molar-refractivity contribution in [3.63, 3.8) is 0 Å². The predicted molar refractivity (Wildman–Crippen MR) is 102 cm³/mol. The smallest absolute Gasteiger partial charge is 0.272 e. The SMILES string of the molecule is CCn1c(=O)c(C)nc2cc(C(=O)Nc3cc(C)ccc3OC)ccc21. The van der Waals surface area contributed by atoms with Crippen LogP contribution in [0.2, 0.25) is 0 Å². The van der Waals surface area contributed by atoms with Crippen LogP contribution in [0.5, 0.6) is 5.75 Å². The number of anilines is 1. The summed E-state index contributed by atoms with van der Waals surface area (Å²) in [6.07, 6.45) is 0. The Morgan fingerprint density at radius 2 is 1.96 bits per heavy atom. The molecule has 134 valence electrons. The van der Waals surface area contributed by atoms with E-state index in [4.69, 9.17) is 4.74 Å². The van der Waals surface area contributed by atoms with Gasteiger partial charge in [0, 0.05) is 12.1 Å². The Morgan fingerprint density at radius 3 is 2.65 bits per heavy atom. The van der Waals surface area contributed by atoms with Crippen LogP contribution in [0.1, 0.15) is 28.5 Å². The summed E-state index contributed by atoms with van der Waals surface area (Å²) < 4.78 is 6.96. The summed E-state index contributed by atoms with van der Waals surface area (Å²) >= 11 is 0. The number of nitrogens with one attached hydrogen (secondary N) is 1. The molecule has 0 aliphatic carbocycles. The maximum Gasteiger partial charge on any atom is 0.272 e. The van der Waals surface area contributed by atoms with E-state index in [-0.39, 0.29) is 11.5 Å². The van der Waals surface area contributed by atoms with Gasteiger partial charge in [-0.2, -0.15) is 0 Å². The molecule has 0 unspecified atom stereocenters. The van der Waals surface area contributed by atoms with Gasteiger partial charge in [-0.3, -0.25) is 9.59 Å². The molecule has 0 aliphatic heterocycles. The third-order valence-corrected chi connectivity index (χ3v) is 4.29. The highest BCUT2D eigenvalue weighted by molar-refractivity contribution is 6.06. The number of hydrogen-bond acceptors (Lipinski definition) is 4. The lowest BCUT2D eigenvalue weighted by Crippen LogP contribution is -2.23. The van der Waals surface area contributed by atoms with Crippen molar-refractivity contribution in [3.05, 3.63) is 63.6 Å². The minimum atomic E-state index is -0.260. The van der Waals surface area contributed by atoms with Gasteiger partial charge >= 0.3 is 0 Å². The Morgan fingerprint density at radius 1 is 1.19 bits per heavy atom. The molecular weight excluding hydrogens is 330 g/mol. The fraction of sp³-hybridized carbons (Fsp3) is 0.250. The molecule has 6 heteroatoms. The Labute approximate surface area is 151 Å². The minimum absolute atomic E-state index is 0.110. The Hall–Kier alpha value is -3.15. The van der Waals surface area contributed by atoms with Gasteiger partial charge in [0.1, 0.15) is 11.4 Å². The molecule has 3 rings (SSSR count). The highest BCUT2D eigenvalue weighted by Gasteiger charge is 2.13. The van der Waals surface area contributed by atoms with Crippen LogP contribution in [-0.4, -0.2) is 22.6 Å². The highest BCUT2D eigenvalue weighted by Crippen LogP contribution is 2.26. The van der Waals surface area contributed by atoms with E-state index in [1.54, 1.807) is 36.8 Å². The number of carbonyl (C=O) groups excluding carboxylic acids is 1. The molecule has 6 nitrogen and oxygen atoms in total. The van der Waals surface area contributed by atoms with E-state index in [2.05, 4.69) is 10.3 Å². The Kier molecular flexibility index (Phi) is 4.75. The quantitative estimate of drug-likeness (QED) is 0.783. The van der Waals surface area contributed by atoms with E-state index in [9.17, 15) is 9.59 Å². The van der Waals surface area contributed by atoms with E-state index in [0.717, 1.165) is 5.56 Å². The molecule has 2 aromatic carbocycles. The summed E-state index contributed by atoms with van der Waals surface area (Å²) in [5.41, 5.74) is 3.73. The standard InChI is InChI=1S/C20H21N3O3/c1-5-23-17-8-7-14(11-15(17)21-13(3)20(23)25)19(24)22-16-10-12(2)6-9-18(16)26-4/h6-11H,5H2,1-4H3,(H,22,24). The molecule has 1 N–H and O–H groups in total. The first-order valence-corrected chi connectivity index (χ1v) is 8.41. The maximum absolute atomic E-state index is 12.7. The number of rotatable bonds is 4. The number of nitrogens with zero attached hydrogens (tertiary/aromatic N) is 2. The number of amides is 1. The molecule has 1 amide bonds. The second-order valence-electron chi connectivity index (χ2n) is 6.11. The van der Waals surface area contributed by atoms with Gasteiger partial charge in [-0.25, -0.2) is 4.98 Å². The molecule has 3 aromatic rings. The number of ether oxygens (including phenoxy) is 1. The van der Waals surface area contributed by atoms with Crippen LogP contribution >= 0.6 is 0 Å². The van der Waals surface area contributed by atoms with Gasteiger partial charge in [0.05, 0.1) is 23.8 Å². The lowest BCUT2D eigenvalue weighted by Gasteiger charge is -2.12. The maximum atomic E-state index is 12.7. The summed E-state index contributed by atoms with van der Waals surface area (Å²) in [5, 5.41) is 2.88. The molecular formula is C20H21N3O3. The van der Waals surface area contributed by atoms with Gasteiger partial charge in [0.15, 0.2) is 0 Å². The number of benzene rings is 2. The normalized spacial score (nSPS) is 10.8. The molecule has 0 aliphatic rings. The van der Waals surface area contributed by atoms with E-state index in [1.807, 2.05) is 32.0 Å². The third kappa shape index (κ3) is 3.18. The summed E-state index contributed by atoms with van der Waals surface area (Å²) in [5.74, 6) is 0.336. The van der Waals surface area contributed by atoms with Crippen molar-refractivity contribution in [1.82, 2.24) is 9.55 Å². The fourth-order valence-corrected chi connectivity index (χ4v) is 2.94. The topological polar surface area (TPSA) is 73.2 Å². The number of carbonyl (C=O) groups is 1. The lowest BCUT2D eigenvalue weighted by molar-refractivity contribution is 0.102. The second kappa shape index (κ2) is 7.00. The first kappa shape index (κ1) is 17.7. The van der Waals surface area contributed by atoms with Crippen molar-refractivity contribution >= 4 is 22.6 Å². The third-order valence-electron chi connectivity index (χ3n) is 4.29. The Bertz CT molecular complexity index is 1050.